The lowest BCUT2D eigenvalue weighted by Crippen LogP contribution is -2.35. The topological polar surface area (TPSA) is 47.0 Å². The molecule has 0 fully saturated rings. The summed E-state index contributed by atoms with van der Waals surface area (Å²) in [5.74, 6) is 1.33. The molecule has 1 N–H and O–H groups in total. The fourth-order valence-electron chi connectivity index (χ4n) is 1.66. The number of hydrogen-bond acceptors (Lipinski definition) is 4. The van der Waals surface area contributed by atoms with Crippen molar-refractivity contribution in [3.05, 3.63) is 47.9 Å². The quantitative estimate of drug-likeness (QED) is 0.925. The Morgan fingerprint density at radius 1 is 1.15 bits per heavy atom. The summed E-state index contributed by atoms with van der Waals surface area (Å²) in [6, 6.07) is 7.86. The molecular weight excluding hydrogens is 250 g/mol. The van der Waals surface area contributed by atoms with Gasteiger partial charge >= 0.3 is 0 Å². The highest BCUT2D eigenvalue weighted by molar-refractivity contribution is 5.34. The van der Waals surface area contributed by atoms with Crippen LogP contribution < -0.4 is 10.1 Å². The highest BCUT2D eigenvalue weighted by atomic mass is 16.5. The van der Waals surface area contributed by atoms with E-state index in [-0.39, 0.29) is 5.54 Å². The number of rotatable bonds is 4. The van der Waals surface area contributed by atoms with Crippen LogP contribution in [0, 0.1) is 6.92 Å². The third kappa shape index (κ3) is 4.31. The predicted octanol–water partition coefficient (Wildman–Crippen LogP) is 3.47. The standard InChI is InChI=1S/C16H21N3O/c1-12-7-5-6-8-14(12)20-15-11-17-9-13(19-15)10-18-16(2,3)4/h5-9,11,18H,10H2,1-4H3. The van der Waals surface area contributed by atoms with Gasteiger partial charge in [-0.3, -0.25) is 4.98 Å². The summed E-state index contributed by atoms with van der Waals surface area (Å²) in [6.07, 6.45) is 3.39. The summed E-state index contributed by atoms with van der Waals surface area (Å²) in [7, 11) is 0. The number of nitrogens with zero attached hydrogens (tertiary/aromatic N) is 2. The Hall–Kier alpha value is -1.94. The summed E-state index contributed by atoms with van der Waals surface area (Å²) < 4.78 is 5.78. The molecule has 1 aromatic carbocycles. The molecule has 20 heavy (non-hydrogen) atoms. The minimum absolute atomic E-state index is 0.0502. The van der Waals surface area contributed by atoms with Crippen molar-refractivity contribution in [2.75, 3.05) is 0 Å². The average Bonchev–Trinajstić information content (AvgIpc) is 2.39. The Bertz CT molecular complexity index is 576. The van der Waals surface area contributed by atoms with Crippen LogP contribution in [0.25, 0.3) is 0 Å². The number of para-hydroxylation sites is 1. The highest BCUT2D eigenvalue weighted by Crippen LogP contribution is 2.22. The van der Waals surface area contributed by atoms with Gasteiger partial charge in [0.05, 0.1) is 11.9 Å². The normalized spacial score (nSPS) is 11.4. The highest BCUT2D eigenvalue weighted by Gasteiger charge is 2.10. The van der Waals surface area contributed by atoms with E-state index in [1.807, 2.05) is 31.2 Å². The number of aryl methyl sites for hydroxylation is 1. The van der Waals surface area contributed by atoms with Crippen molar-refractivity contribution >= 4 is 0 Å². The average molecular weight is 271 g/mol. The van der Waals surface area contributed by atoms with E-state index >= 15 is 0 Å². The monoisotopic (exact) mass is 271 g/mol. The molecule has 4 heteroatoms. The SMILES string of the molecule is Cc1ccccc1Oc1cncc(CNC(C)(C)C)n1. The Kier molecular flexibility index (Phi) is 4.35. The maximum Gasteiger partial charge on any atom is 0.238 e. The Balaban J connectivity index is 2.08. The number of aromatic nitrogens is 2. The fourth-order valence-corrected chi connectivity index (χ4v) is 1.66. The first-order chi connectivity index (χ1) is 9.44. The van der Waals surface area contributed by atoms with Crippen molar-refractivity contribution < 1.29 is 4.74 Å². The maximum atomic E-state index is 5.78. The zero-order valence-corrected chi connectivity index (χ0v) is 12.5. The first-order valence-electron chi connectivity index (χ1n) is 6.73. The van der Waals surface area contributed by atoms with Gasteiger partial charge in [-0.05, 0) is 39.3 Å². The van der Waals surface area contributed by atoms with Gasteiger partial charge in [-0.2, -0.15) is 0 Å². The molecule has 0 saturated heterocycles. The molecule has 1 heterocycles. The summed E-state index contributed by atoms with van der Waals surface area (Å²) in [4.78, 5) is 8.65. The van der Waals surface area contributed by atoms with Crippen LogP contribution in [0.5, 0.6) is 11.6 Å². The lowest BCUT2D eigenvalue weighted by Gasteiger charge is -2.20. The van der Waals surface area contributed by atoms with E-state index in [0.29, 0.717) is 12.4 Å². The van der Waals surface area contributed by atoms with Gasteiger partial charge in [0.1, 0.15) is 5.75 Å². The number of ether oxygens (including phenoxy) is 1. The molecule has 106 valence electrons. The lowest BCUT2D eigenvalue weighted by molar-refractivity contribution is 0.414. The van der Waals surface area contributed by atoms with Gasteiger partial charge in [0, 0.05) is 18.3 Å². The molecular formula is C16H21N3O. The van der Waals surface area contributed by atoms with Gasteiger partial charge in [-0.1, -0.05) is 18.2 Å². The molecule has 2 rings (SSSR count). The van der Waals surface area contributed by atoms with Gasteiger partial charge in [-0.25, -0.2) is 4.98 Å². The van der Waals surface area contributed by atoms with Gasteiger partial charge in [-0.15, -0.1) is 0 Å². The molecule has 2 aromatic rings. The third-order valence-electron chi connectivity index (χ3n) is 2.77. The van der Waals surface area contributed by atoms with Gasteiger partial charge in [0.2, 0.25) is 5.88 Å². The van der Waals surface area contributed by atoms with Crippen LogP contribution in [0.15, 0.2) is 36.7 Å². The molecule has 0 atom stereocenters. The zero-order chi connectivity index (χ0) is 14.6. The van der Waals surface area contributed by atoms with Crippen LogP contribution in [0.1, 0.15) is 32.0 Å². The van der Waals surface area contributed by atoms with Crippen molar-refractivity contribution in [3.8, 4) is 11.6 Å². The van der Waals surface area contributed by atoms with Crippen molar-refractivity contribution in [2.24, 2.45) is 0 Å². The summed E-state index contributed by atoms with van der Waals surface area (Å²) in [6.45, 7) is 9.03. The molecule has 1 aromatic heterocycles. The minimum atomic E-state index is 0.0502. The summed E-state index contributed by atoms with van der Waals surface area (Å²) in [5.41, 5.74) is 1.99. The molecule has 0 unspecified atom stereocenters. The number of hydrogen-bond donors (Lipinski definition) is 1. The zero-order valence-electron chi connectivity index (χ0n) is 12.5. The van der Waals surface area contributed by atoms with Crippen molar-refractivity contribution in [3.63, 3.8) is 0 Å². The lowest BCUT2D eigenvalue weighted by atomic mass is 10.1. The van der Waals surface area contributed by atoms with E-state index in [1.54, 1.807) is 12.4 Å². The Morgan fingerprint density at radius 3 is 2.60 bits per heavy atom. The van der Waals surface area contributed by atoms with E-state index in [0.717, 1.165) is 17.0 Å². The van der Waals surface area contributed by atoms with E-state index in [9.17, 15) is 0 Å². The smallest absolute Gasteiger partial charge is 0.238 e. The largest absolute Gasteiger partial charge is 0.437 e. The van der Waals surface area contributed by atoms with Crippen LogP contribution in [0.2, 0.25) is 0 Å². The number of nitrogens with one attached hydrogen (secondary N) is 1. The molecule has 0 amide bonds. The van der Waals surface area contributed by atoms with Crippen molar-refractivity contribution in [2.45, 2.75) is 39.8 Å². The first kappa shape index (κ1) is 14.5. The van der Waals surface area contributed by atoms with Crippen LogP contribution >= 0.6 is 0 Å². The van der Waals surface area contributed by atoms with Crippen molar-refractivity contribution in [1.29, 1.82) is 0 Å². The molecule has 0 radical (unpaired) electrons. The second-order valence-electron chi connectivity index (χ2n) is 5.82. The fraction of sp³-hybridized carbons (Fsp3) is 0.375. The maximum absolute atomic E-state index is 5.78. The van der Waals surface area contributed by atoms with Crippen LogP contribution in [-0.4, -0.2) is 15.5 Å². The van der Waals surface area contributed by atoms with E-state index < -0.39 is 0 Å². The number of benzene rings is 1. The van der Waals surface area contributed by atoms with Gasteiger partial charge < -0.3 is 10.1 Å². The predicted molar refractivity (Wildman–Crippen MR) is 79.9 cm³/mol. The Labute approximate surface area is 120 Å². The second kappa shape index (κ2) is 6.01. The van der Waals surface area contributed by atoms with E-state index in [4.69, 9.17) is 4.74 Å². The Morgan fingerprint density at radius 2 is 1.90 bits per heavy atom. The molecule has 0 aliphatic heterocycles. The first-order valence-corrected chi connectivity index (χ1v) is 6.73. The summed E-state index contributed by atoms with van der Waals surface area (Å²) >= 11 is 0. The molecule has 0 bridgehead atoms. The van der Waals surface area contributed by atoms with Crippen LogP contribution in [-0.2, 0) is 6.54 Å². The van der Waals surface area contributed by atoms with E-state index in [1.165, 1.54) is 0 Å². The molecule has 0 aliphatic carbocycles. The van der Waals surface area contributed by atoms with Gasteiger partial charge in [0.15, 0.2) is 0 Å². The molecule has 4 nitrogen and oxygen atoms in total. The third-order valence-corrected chi connectivity index (χ3v) is 2.77. The minimum Gasteiger partial charge on any atom is -0.437 e. The van der Waals surface area contributed by atoms with Crippen LogP contribution in [0.4, 0.5) is 0 Å². The summed E-state index contributed by atoms with van der Waals surface area (Å²) in [5, 5.41) is 3.38. The molecule has 0 aliphatic rings. The second-order valence-corrected chi connectivity index (χ2v) is 5.82. The molecule has 0 spiro atoms. The van der Waals surface area contributed by atoms with Crippen molar-refractivity contribution in [1.82, 2.24) is 15.3 Å². The van der Waals surface area contributed by atoms with Crippen LogP contribution in [0.3, 0.4) is 0 Å². The van der Waals surface area contributed by atoms with Gasteiger partial charge in [0.25, 0.3) is 0 Å². The van der Waals surface area contributed by atoms with E-state index in [2.05, 4.69) is 36.1 Å². The molecule has 0 saturated carbocycles.